The van der Waals surface area contributed by atoms with Crippen LogP contribution >= 0.6 is 0 Å². The molecule has 6 nitrogen and oxygen atoms in total. The van der Waals surface area contributed by atoms with Crippen molar-refractivity contribution >= 4 is 17.0 Å². The second-order valence-electron chi connectivity index (χ2n) is 5.80. The maximum Gasteiger partial charge on any atom is 0.179 e. The lowest BCUT2D eigenvalue weighted by atomic mass is 9.82. The Morgan fingerprint density at radius 3 is 2.84 bits per heavy atom. The molecule has 0 spiro atoms. The van der Waals surface area contributed by atoms with Gasteiger partial charge in [-0.1, -0.05) is 0 Å². The Labute approximate surface area is 110 Å². The minimum absolute atomic E-state index is 0.141. The number of nitrogens with zero attached hydrogens (tertiary/aromatic N) is 4. The third-order valence-electron chi connectivity index (χ3n) is 4.13. The summed E-state index contributed by atoms with van der Waals surface area (Å²) >= 11 is 0. The molecule has 2 saturated carbocycles. The van der Waals surface area contributed by atoms with Gasteiger partial charge in [-0.05, 0) is 31.6 Å². The van der Waals surface area contributed by atoms with Crippen molar-refractivity contribution < 1.29 is 5.11 Å². The van der Waals surface area contributed by atoms with Gasteiger partial charge in [0.15, 0.2) is 17.0 Å². The zero-order valence-electron chi connectivity index (χ0n) is 10.7. The molecular formula is C13H17N5O. The minimum atomic E-state index is -0.141. The van der Waals surface area contributed by atoms with Crippen molar-refractivity contribution in [3.05, 3.63) is 11.9 Å². The van der Waals surface area contributed by atoms with Crippen molar-refractivity contribution in [2.24, 2.45) is 5.92 Å². The van der Waals surface area contributed by atoms with Gasteiger partial charge in [-0.15, -0.1) is 0 Å². The van der Waals surface area contributed by atoms with Gasteiger partial charge >= 0.3 is 0 Å². The zero-order valence-corrected chi connectivity index (χ0v) is 10.7. The number of hydrogen-bond donors (Lipinski definition) is 2. The molecule has 19 heavy (non-hydrogen) atoms. The Hall–Kier alpha value is -1.69. The Bertz CT molecular complexity index is 627. The normalized spacial score (nSPS) is 26.6. The lowest BCUT2D eigenvalue weighted by Gasteiger charge is -2.31. The van der Waals surface area contributed by atoms with Gasteiger partial charge in [-0.2, -0.15) is 5.10 Å². The summed E-state index contributed by atoms with van der Waals surface area (Å²) in [5.41, 5.74) is 8.45. The molecule has 0 atom stereocenters. The van der Waals surface area contributed by atoms with Gasteiger partial charge in [0.1, 0.15) is 0 Å². The number of nitrogen functional groups attached to an aromatic ring is 1. The Morgan fingerprint density at radius 1 is 1.37 bits per heavy atom. The summed E-state index contributed by atoms with van der Waals surface area (Å²) < 4.78 is 1.86. The molecule has 0 bridgehead atoms. The van der Waals surface area contributed by atoms with Crippen LogP contribution in [0.2, 0.25) is 0 Å². The van der Waals surface area contributed by atoms with E-state index in [4.69, 9.17) is 5.73 Å². The molecule has 2 heterocycles. The molecule has 2 fully saturated rings. The van der Waals surface area contributed by atoms with Crippen LogP contribution in [0.25, 0.3) is 11.2 Å². The average molecular weight is 259 g/mol. The van der Waals surface area contributed by atoms with E-state index in [1.807, 2.05) is 10.9 Å². The number of aliphatic hydroxyl groups excluding tert-OH is 1. The maximum absolute atomic E-state index is 9.36. The van der Waals surface area contributed by atoms with Crippen LogP contribution in [0.5, 0.6) is 0 Å². The van der Waals surface area contributed by atoms with Gasteiger partial charge in [0.05, 0.1) is 11.8 Å². The number of aliphatic hydroxyl groups is 1. The largest absolute Gasteiger partial charge is 0.393 e. The fourth-order valence-corrected chi connectivity index (χ4v) is 2.78. The fourth-order valence-electron chi connectivity index (χ4n) is 2.78. The van der Waals surface area contributed by atoms with Gasteiger partial charge in [0.2, 0.25) is 0 Å². The highest BCUT2D eigenvalue weighted by Crippen LogP contribution is 2.39. The Morgan fingerprint density at radius 2 is 2.16 bits per heavy atom. The third-order valence-corrected chi connectivity index (χ3v) is 4.13. The van der Waals surface area contributed by atoms with Crippen LogP contribution in [-0.2, 0) is 6.54 Å². The Balaban J connectivity index is 1.70. The van der Waals surface area contributed by atoms with Crippen molar-refractivity contribution in [2.75, 3.05) is 5.73 Å². The van der Waals surface area contributed by atoms with Crippen LogP contribution in [0.1, 0.15) is 37.3 Å². The van der Waals surface area contributed by atoms with E-state index >= 15 is 0 Å². The summed E-state index contributed by atoms with van der Waals surface area (Å²) in [6.45, 7) is 0.771. The summed E-state index contributed by atoms with van der Waals surface area (Å²) in [5, 5.41) is 13.7. The molecule has 0 aromatic carbocycles. The van der Waals surface area contributed by atoms with Gasteiger partial charge in [-0.3, -0.25) is 0 Å². The van der Waals surface area contributed by atoms with Crippen LogP contribution in [0.4, 0.5) is 5.82 Å². The van der Waals surface area contributed by atoms with Gasteiger partial charge in [0.25, 0.3) is 0 Å². The van der Waals surface area contributed by atoms with Crippen molar-refractivity contribution in [3.8, 4) is 0 Å². The van der Waals surface area contributed by atoms with E-state index in [1.165, 1.54) is 12.8 Å². The molecule has 2 aromatic rings. The first-order valence-corrected chi connectivity index (χ1v) is 6.87. The predicted octanol–water partition coefficient (Wildman–Crippen LogP) is 1.06. The molecule has 6 heteroatoms. The molecule has 3 N–H and O–H groups in total. The number of hydrogen-bond acceptors (Lipinski definition) is 5. The van der Waals surface area contributed by atoms with Crippen LogP contribution in [0.15, 0.2) is 6.20 Å². The lowest BCUT2D eigenvalue weighted by Crippen LogP contribution is -2.31. The standard InChI is InChI=1S/C13H17N5O/c14-12-11-13(16-10(5-15-11)8-1-2-8)18(17-12)6-7-3-9(19)4-7/h5,7-9,19H,1-4,6H2,(H2,14,17)/t7-,9-. The summed E-state index contributed by atoms with van der Waals surface area (Å²) in [4.78, 5) is 9.09. The van der Waals surface area contributed by atoms with Crippen LogP contribution in [0, 0.1) is 5.92 Å². The van der Waals surface area contributed by atoms with E-state index in [9.17, 15) is 5.11 Å². The van der Waals surface area contributed by atoms with Crippen molar-refractivity contribution in [1.29, 1.82) is 0 Å². The van der Waals surface area contributed by atoms with Crippen LogP contribution in [-0.4, -0.2) is 31.0 Å². The monoisotopic (exact) mass is 259 g/mol. The second-order valence-corrected chi connectivity index (χ2v) is 5.80. The van der Waals surface area contributed by atoms with E-state index in [1.54, 1.807) is 0 Å². The first-order chi connectivity index (χ1) is 9.20. The Kier molecular flexibility index (Phi) is 2.29. The van der Waals surface area contributed by atoms with Crippen molar-refractivity contribution in [2.45, 2.75) is 44.2 Å². The number of nitrogens with two attached hydrogens (primary N) is 1. The summed E-state index contributed by atoms with van der Waals surface area (Å²) in [6.07, 6.45) is 5.79. The highest BCUT2D eigenvalue weighted by molar-refractivity contribution is 5.81. The number of aromatic nitrogens is 4. The SMILES string of the molecule is Nc1nn(C[C@H]2C[C@H](O)C2)c2nc(C3CC3)cnc12. The number of anilines is 1. The fraction of sp³-hybridized carbons (Fsp3) is 0.615. The second kappa shape index (κ2) is 3.90. The van der Waals surface area contributed by atoms with Crippen LogP contribution < -0.4 is 5.73 Å². The predicted molar refractivity (Wildman–Crippen MR) is 70.4 cm³/mol. The quantitative estimate of drug-likeness (QED) is 0.860. The first-order valence-electron chi connectivity index (χ1n) is 6.87. The van der Waals surface area contributed by atoms with E-state index in [0.29, 0.717) is 23.2 Å². The molecular weight excluding hydrogens is 242 g/mol. The van der Waals surface area contributed by atoms with Gasteiger partial charge < -0.3 is 10.8 Å². The van der Waals surface area contributed by atoms with Crippen molar-refractivity contribution in [3.63, 3.8) is 0 Å². The van der Waals surface area contributed by atoms with E-state index in [0.717, 1.165) is 30.7 Å². The van der Waals surface area contributed by atoms with E-state index in [2.05, 4.69) is 15.1 Å². The molecule has 0 unspecified atom stereocenters. The molecule has 0 saturated heterocycles. The lowest BCUT2D eigenvalue weighted by molar-refractivity contribution is 0.0342. The molecule has 2 aliphatic rings. The molecule has 0 radical (unpaired) electrons. The van der Waals surface area contributed by atoms with Crippen LogP contribution in [0.3, 0.4) is 0 Å². The molecule has 4 rings (SSSR count). The highest BCUT2D eigenvalue weighted by atomic mass is 16.3. The first kappa shape index (κ1) is 11.2. The van der Waals surface area contributed by atoms with Gasteiger partial charge in [0, 0.05) is 18.7 Å². The summed E-state index contributed by atoms with van der Waals surface area (Å²) in [7, 11) is 0. The number of rotatable bonds is 3. The summed E-state index contributed by atoms with van der Waals surface area (Å²) in [5.74, 6) is 1.50. The molecule has 0 aliphatic heterocycles. The van der Waals surface area contributed by atoms with E-state index < -0.39 is 0 Å². The molecule has 2 aromatic heterocycles. The topological polar surface area (TPSA) is 89.8 Å². The average Bonchev–Trinajstić information content (AvgIpc) is 3.15. The minimum Gasteiger partial charge on any atom is -0.393 e. The van der Waals surface area contributed by atoms with Gasteiger partial charge in [-0.25, -0.2) is 14.6 Å². The van der Waals surface area contributed by atoms with Crippen molar-refractivity contribution in [1.82, 2.24) is 19.7 Å². The summed E-state index contributed by atoms with van der Waals surface area (Å²) in [6, 6.07) is 0. The zero-order chi connectivity index (χ0) is 13.0. The van der Waals surface area contributed by atoms with E-state index in [-0.39, 0.29) is 6.10 Å². The highest BCUT2D eigenvalue weighted by Gasteiger charge is 2.30. The smallest absolute Gasteiger partial charge is 0.179 e. The maximum atomic E-state index is 9.36. The molecule has 0 amide bonds. The third kappa shape index (κ3) is 1.87. The number of fused-ring (bicyclic) bond motifs is 1. The molecule has 2 aliphatic carbocycles. The molecule has 100 valence electrons.